The van der Waals surface area contributed by atoms with Gasteiger partial charge in [0.1, 0.15) is 0 Å². The first kappa shape index (κ1) is 33.1. The van der Waals surface area contributed by atoms with Crippen LogP contribution < -0.4 is 10.6 Å². The zero-order valence-corrected chi connectivity index (χ0v) is 26.1. The molecule has 2 saturated heterocycles. The first-order chi connectivity index (χ1) is 18.1. The molecule has 0 aliphatic carbocycles. The normalized spacial score (nSPS) is 19.7. The molecule has 0 radical (unpaired) electrons. The van der Waals surface area contributed by atoms with Crippen LogP contribution in [0.4, 0.5) is 0 Å². The van der Waals surface area contributed by atoms with Gasteiger partial charge < -0.3 is 20.4 Å². The largest absolute Gasteiger partial charge is 0.356 e. The van der Waals surface area contributed by atoms with Crippen molar-refractivity contribution in [1.82, 2.24) is 20.4 Å². The maximum atomic E-state index is 12.1. The Balaban J connectivity index is 1.36. The van der Waals surface area contributed by atoms with Crippen LogP contribution in [0.1, 0.15) is 90.4 Å². The summed E-state index contributed by atoms with van der Waals surface area (Å²) in [7, 11) is 4.03. The van der Waals surface area contributed by atoms with Crippen LogP contribution in [0.15, 0.2) is 0 Å². The fourth-order valence-corrected chi connectivity index (χ4v) is 8.96. The lowest BCUT2D eigenvalue weighted by Crippen LogP contribution is -2.47. The SMILES string of the molecule is CCCC(CCCCC(=O)NCCCN1CCN(CCCNC(=O)CCCC[C@H]2CCSS2)CC1)SC. The molecular weight excluding hydrogens is 521 g/mol. The average Bonchev–Trinajstić information content (AvgIpc) is 3.43. The molecule has 2 N–H and O–H groups in total. The van der Waals surface area contributed by atoms with E-state index < -0.39 is 0 Å². The topological polar surface area (TPSA) is 64.7 Å². The van der Waals surface area contributed by atoms with Gasteiger partial charge in [-0.1, -0.05) is 47.8 Å². The predicted octanol–water partition coefficient (Wildman–Crippen LogP) is 5.42. The summed E-state index contributed by atoms with van der Waals surface area (Å²) in [4.78, 5) is 29.2. The van der Waals surface area contributed by atoms with Crippen LogP contribution in [-0.4, -0.2) is 96.5 Å². The van der Waals surface area contributed by atoms with Gasteiger partial charge in [0.25, 0.3) is 0 Å². The molecule has 0 saturated carbocycles. The van der Waals surface area contributed by atoms with E-state index in [1.165, 1.54) is 44.3 Å². The van der Waals surface area contributed by atoms with Gasteiger partial charge in [-0.3, -0.25) is 9.59 Å². The second-order valence-electron chi connectivity index (χ2n) is 10.6. The molecule has 0 spiro atoms. The molecule has 1 unspecified atom stereocenters. The third-order valence-corrected chi connectivity index (χ3v) is 11.6. The van der Waals surface area contributed by atoms with Gasteiger partial charge >= 0.3 is 0 Å². The minimum atomic E-state index is 0.218. The first-order valence-electron chi connectivity index (χ1n) is 14.9. The smallest absolute Gasteiger partial charge is 0.219 e. The van der Waals surface area contributed by atoms with E-state index in [2.05, 4.69) is 33.6 Å². The van der Waals surface area contributed by atoms with E-state index >= 15 is 0 Å². The minimum Gasteiger partial charge on any atom is -0.356 e. The van der Waals surface area contributed by atoms with Crippen LogP contribution in [0.2, 0.25) is 0 Å². The van der Waals surface area contributed by atoms with Crippen LogP contribution in [-0.2, 0) is 9.59 Å². The van der Waals surface area contributed by atoms with Gasteiger partial charge in [0.15, 0.2) is 0 Å². The molecule has 2 aliphatic rings. The van der Waals surface area contributed by atoms with Crippen molar-refractivity contribution in [2.45, 2.75) is 101 Å². The number of unbranched alkanes of at least 4 members (excludes halogenated alkanes) is 2. The van der Waals surface area contributed by atoms with Crippen molar-refractivity contribution in [3.63, 3.8) is 0 Å². The van der Waals surface area contributed by atoms with Crippen LogP contribution >= 0.6 is 33.3 Å². The summed E-state index contributed by atoms with van der Waals surface area (Å²) in [6, 6.07) is 0. The Kier molecular flexibility index (Phi) is 19.4. The molecule has 0 aromatic carbocycles. The van der Waals surface area contributed by atoms with Gasteiger partial charge in [-0.2, -0.15) is 11.8 Å². The molecule has 2 fully saturated rings. The van der Waals surface area contributed by atoms with E-state index in [1.54, 1.807) is 0 Å². The van der Waals surface area contributed by atoms with E-state index in [9.17, 15) is 9.59 Å². The summed E-state index contributed by atoms with van der Waals surface area (Å²) < 4.78 is 0. The zero-order valence-electron chi connectivity index (χ0n) is 23.6. The standard InChI is InChI=1S/C28H54N4O2S3/c1-3-10-25(35-2)11-4-6-13-27(33)29-16-8-18-31-20-22-32(23-21-31)19-9-17-30-28(34)14-7-5-12-26-15-24-36-37-26/h25-26H,3-24H2,1-2H3,(H,29,33)(H,30,34)/t25?,26-/m0/s1. The lowest BCUT2D eigenvalue weighted by Gasteiger charge is -2.34. The van der Waals surface area contributed by atoms with Gasteiger partial charge in [-0.15, -0.1) is 0 Å². The third-order valence-electron chi connectivity index (χ3n) is 7.44. The molecule has 0 bridgehead atoms. The Morgan fingerprint density at radius 3 is 1.97 bits per heavy atom. The highest BCUT2D eigenvalue weighted by molar-refractivity contribution is 8.77. The van der Waals surface area contributed by atoms with Crippen molar-refractivity contribution >= 4 is 45.2 Å². The number of piperazine rings is 1. The summed E-state index contributed by atoms with van der Waals surface area (Å²) in [5.41, 5.74) is 0. The summed E-state index contributed by atoms with van der Waals surface area (Å²) >= 11 is 1.97. The van der Waals surface area contributed by atoms with Crippen LogP contribution in [0.5, 0.6) is 0 Å². The number of amides is 2. The first-order valence-corrected chi connectivity index (χ1v) is 18.6. The molecule has 2 rings (SSSR count). The number of nitrogens with zero attached hydrogens (tertiary/aromatic N) is 2. The Morgan fingerprint density at radius 2 is 1.46 bits per heavy atom. The zero-order chi connectivity index (χ0) is 26.6. The Hall–Kier alpha value is -0.0900. The van der Waals surface area contributed by atoms with Crippen molar-refractivity contribution in [2.75, 3.05) is 64.4 Å². The molecule has 0 aromatic rings. The summed E-state index contributed by atoms with van der Waals surface area (Å²) in [5, 5.41) is 7.81. The highest BCUT2D eigenvalue weighted by atomic mass is 33.1. The number of hydrogen-bond donors (Lipinski definition) is 2. The summed E-state index contributed by atoms with van der Waals surface area (Å²) in [5.74, 6) is 1.74. The van der Waals surface area contributed by atoms with Gasteiger partial charge in [0, 0.05) is 68.4 Å². The maximum absolute atomic E-state index is 12.1. The van der Waals surface area contributed by atoms with Crippen molar-refractivity contribution in [2.24, 2.45) is 0 Å². The molecule has 216 valence electrons. The molecular formula is C28H54N4O2S3. The average molecular weight is 575 g/mol. The number of nitrogens with one attached hydrogen (secondary N) is 2. The molecule has 2 atom stereocenters. The van der Waals surface area contributed by atoms with Crippen molar-refractivity contribution in [3.05, 3.63) is 0 Å². The van der Waals surface area contributed by atoms with E-state index in [0.29, 0.717) is 12.8 Å². The highest BCUT2D eigenvalue weighted by Crippen LogP contribution is 2.39. The summed E-state index contributed by atoms with van der Waals surface area (Å²) in [6.45, 7) is 10.4. The number of hydrogen-bond acceptors (Lipinski definition) is 7. The van der Waals surface area contributed by atoms with Crippen LogP contribution in [0, 0.1) is 0 Å². The number of thioether (sulfide) groups is 1. The van der Waals surface area contributed by atoms with Crippen molar-refractivity contribution in [1.29, 1.82) is 0 Å². The van der Waals surface area contributed by atoms with E-state index in [-0.39, 0.29) is 11.8 Å². The maximum Gasteiger partial charge on any atom is 0.219 e. The number of rotatable bonds is 21. The Morgan fingerprint density at radius 1 is 0.865 bits per heavy atom. The molecule has 0 aromatic heterocycles. The Bertz CT molecular complexity index is 600. The van der Waals surface area contributed by atoms with Crippen molar-refractivity contribution in [3.8, 4) is 0 Å². The Labute approximate surface area is 239 Å². The fraction of sp³-hybridized carbons (Fsp3) is 0.929. The second kappa shape index (κ2) is 21.7. The second-order valence-corrected chi connectivity index (χ2v) is 14.5. The van der Waals surface area contributed by atoms with E-state index in [0.717, 1.165) is 95.0 Å². The summed E-state index contributed by atoms with van der Waals surface area (Å²) in [6.07, 6.45) is 16.4. The van der Waals surface area contributed by atoms with Gasteiger partial charge in [0.2, 0.25) is 11.8 Å². The van der Waals surface area contributed by atoms with Crippen molar-refractivity contribution < 1.29 is 9.59 Å². The highest BCUT2D eigenvalue weighted by Gasteiger charge is 2.17. The van der Waals surface area contributed by atoms with Gasteiger partial charge in [-0.25, -0.2) is 0 Å². The quantitative estimate of drug-likeness (QED) is 0.140. The van der Waals surface area contributed by atoms with Gasteiger partial charge in [0.05, 0.1) is 0 Å². The van der Waals surface area contributed by atoms with E-state index in [1.807, 2.05) is 33.3 Å². The molecule has 9 heteroatoms. The molecule has 2 aliphatic heterocycles. The predicted molar refractivity (Wildman–Crippen MR) is 166 cm³/mol. The van der Waals surface area contributed by atoms with Gasteiger partial charge in [-0.05, 0) is 70.7 Å². The van der Waals surface area contributed by atoms with E-state index in [4.69, 9.17) is 0 Å². The number of carbonyl (C=O) groups is 2. The lowest BCUT2D eigenvalue weighted by atomic mass is 10.1. The lowest BCUT2D eigenvalue weighted by molar-refractivity contribution is -0.122. The molecule has 2 amide bonds. The minimum absolute atomic E-state index is 0.218. The molecule has 37 heavy (non-hydrogen) atoms. The molecule has 2 heterocycles. The van der Waals surface area contributed by atoms with Crippen LogP contribution in [0.3, 0.4) is 0 Å². The number of carbonyl (C=O) groups excluding carboxylic acids is 2. The monoisotopic (exact) mass is 574 g/mol. The third kappa shape index (κ3) is 16.6. The molecule has 6 nitrogen and oxygen atoms in total. The fourth-order valence-electron chi connectivity index (χ4n) is 5.06. The van der Waals surface area contributed by atoms with Crippen LogP contribution in [0.25, 0.3) is 0 Å².